The van der Waals surface area contributed by atoms with E-state index in [0.29, 0.717) is 19.6 Å². The lowest BCUT2D eigenvalue weighted by atomic mass is 10.2. The molecule has 146 valence electrons. The van der Waals surface area contributed by atoms with Crippen molar-refractivity contribution in [3.8, 4) is 0 Å². The summed E-state index contributed by atoms with van der Waals surface area (Å²) >= 11 is 1.58. The first kappa shape index (κ1) is 19.5. The third-order valence-electron chi connectivity index (χ3n) is 4.51. The van der Waals surface area contributed by atoms with Crippen LogP contribution in [0.4, 0.5) is 5.13 Å². The molecule has 0 atom stereocenters. The highest BCUT2D eigenvalue weighted by Crippen LogP contribution is 2.27. The molecule has 1 N–H and O–H groups in total. The highest BCUT2D eigenvalue weighted by molar-refractivity contribution is 7.21. The molecule has 1 aliphatic rings. The predicted octanol–water partition coefficient (Wildman–Crippen LogP) is 0.798. The Morgan fingerprint density at radius 1 is 1.22 bits per heavy atom. The number of rotatable bonds is 7. The number of fused-ring (bicyclic) bond motifs is 1. The van der Waals surface area contributed by atoms with E-state index in [4.69, 9.17) is 0 Å². The largest absolute Gasteiger partial charge is 0.355 e. The second-order valence-electron chi connectivity index (χ2n) is 6.85. The molecule has 1 aliphatic heterocycles. The van der Waals surface area contributed by atoms with Crippen LogP contribution in [0.1, 0.15) is 12.8 Å². The number of hydrogen-bond acceptors (Lipinski definition) is 7. The molecular weight excluding hydrogens is 364 g/mol. The first-order valence-corrected chi connectivity index (χ1v) is 10.0. The standard InChI is InChI=1S/C18H26N6O2S/c1-22(2)9-8-19-15(25)5-6-16(26)23-10-12-24(13-11-23)18-21-14-4-3-7-20-17(14)27-18/h3-4,7H,5-6,8-13H2,1-2H3,(H,19,25). The van der Waals surface area contributed by atoms with E-state index in [9.17, 15) is 9.59 Å². The summed E-state index contributed by atoms with van der Waals surface area (Å²) in [6.45, 7) is 4.22. The SMILES string of the molecule is CN(C)CCNC(=O)CCC(=O)N1CCN(c2nc3cccnc3s2)CC1. The fourth-order valence-corrected chi connectivity index (χ4v) is 3.89. The summed E-state index contributed by atoms with van der Waals surface area (Å²) in [5.41, 5.74) is 0.913. The number of likely N-dealkylation sites (N-methyl/N-ethyl adjacent to an activating group) is 1. The summed E-state index contributed by atoms with van der Waals surface area (Å²) in [6, 6.07) is 3.85. The monoisotopic (exact) mass is 390 g/mol. The summed E-state index contributed by atoms with van der Waals surface area (Å²) < 4.78 is 0. The average molecular weight is 391 g/mol. The van der Waals surface area contributed by atoms with E-state index in [1.165, 1.54) is 0 Å². The second-order valence-corrected chi connectivity index (χ2v) is 7.80. The lowest BCUT2D eigenvalue weighted by Crippen LogP contribution is -2.49. The Kier molecular flexibility index (Phi) is 6.57. The number of nitrogens with zero attached hydrogens (tertiary/aromatic N) is 5. The molecule has 0 spiro atoms. The van der Waals surface area contributed by atoms with Crippen LogP contribution in [0.2, 0.25) is 0 Å². The lowest BCUT2D eigenvalue weighted by Gasteiger charge is -2.34. The molecule has 3 heterocycles. The molecule has 2 aromatic heterocycles. The van der Waals surface area contributed by atoms with Gasteiger partial charge in [0.15, 0.2) is 5.13 Å². The zero-order valence-corrected chi connectivity index (χ0v) is 16.7. The zero-order valence-electron chi connectivity index (χ0n) is 15.8. The van der Waals surface area contributed by atoms with Crippen LogP contribution < -0.4 is 10.2 Å². The highest BCUT2D eigenvalue weighted by Gasteiger charge is 2.23. The van der Waals surface area contributed by atoms with E-state index in [-0.39, 0.29) is 24.7 Å². The molecule has 1 fully saturated rings. The number of aromatic nitrogens is 2. The van der Waals surface area contributed by atoms with Gasteiger partial charge in [-0.15, -0.1) is 0 Å². The molecule has 0 bridgehead atoms. The topological polar surface area (TPSA) is 81.7 Å². The molecule has 0 unspecified atom stereocenters. The van der Waals surface area contributed by atoms with Gasteiger partial charge in [0.05, 0.1) is 0 Å². The fourth-order valence-electron chi connectivity index (χ4n) is 2.93. The van der Waals surface area contributed by atoms with E-state index >= 15 is 0 Å². The maximum atomic E-state index is 12.4. The first-order chi connectivity index (χ1) is 13.0. The van der Waals surface area contributed by atoms with Crippen molar-refractivity contribution in [3.05, 3.63) is 18.3 Å². The third-order valence-corrected chi connectivity index (χ3v) is 5.55. The Morgan fingerprint density at radius 3 is 2.70 bits per heavy atom. The number of anilines is 1. The van der Waals surface area contributed by atoms with Crippen molar-refractivity contribution in [2.45, 2.75) is 12.8 Å². The lowest BCUT2D eigenvalue weighted by molar-refractivity contribution is -0.133. The van der Waals surface area contributed by atoms with Gasteiger partial charge in [-0.25, -0.2) is 9.97 Å². The van der Waals surface area contributed by atoms with Crippen molar-refractivity contribution in [3.63, 3.8) is 0 Å². The fraction of sp³-hybridized carbons (Fsp3) is 0.556. The molecule has 0 radical (unpaired) electrons. The summed E-state index contributed by atoms with van der Waals surface area (Å²) in [5, 5.41) is 3.80. The van der Waals surface area contributed by atoms with Gasteiger partial charge in [-0.1, -0.05) is 11.3 Å². The van der Waals surface area contributed by atoms with Crippen molar-refractivity contribution in [1.82, 2.24) is 25.1 Å². The van der Waals surface area contributed by atoms with Crippen LogP contribution in [0, 0.1) is 0 Å². The Bertz CT molecular complexity index is 752. The second kappa shape index (κ2) is 9.09. The van der Waals surface area contributed by atoms with Gasteiger partial charge in [0.1, 0.15) is 10.3 Å². The molecule has 0 aliphatic carbocycles. The third kappa shape index (κ3) is 5.36. The smallest absolute Gasteiger partial charge is 0.223 e. The van der Waals surface area contributed by atoms with Gasteiger partial charge in [-0.2, -0.15) is 0 Å². The van der Waals surface area contributed by atoms with Gasteiger partial charge >= 0.3 is 0 Å². The Labute approximate surface area is 163 Å². The van der Waals surface area contributed by atoms with E-state index < -0.39 is 0 Å². The Hall–Kier alpha value is -2.26. The predicted molar refractivity (Wildman–Crippen MR) is 107 cm³/mol. The average Bonchev–Trinajstić information content (AvgIpc) is 3.10. The van der Waals surface area contributed by atoms with E-state index in [0.717, 1.165) is 35.1 Å². The quantitative estimate of drug-likeness (QED) is 0.753. The maximum absolute atomic E-state index is 12.4. The Morgan fingerprint density at radius 2 is 2.00 bits per heavy atom. The van der Waals surface area contributed by atoms with Crippen LogP contribution in [0.5, 0.6) is 0 Å². The molecule has 27 heavy (non-hydrogen) atoms. The summed E-state index contributed by atoms with van der Waals surface area (Å²) in [7, 11) is 3.92. The van der Waals surface area contributed by atoms with Gasteiger partial charge in [-0.3, -0.25) is 9.59 Å². The van der Waals surface area contributed by atoms with Crippen LogP contribution in [0.15, 0.2) is 18.3 Å². The molecule has 2 aromatic rings. The van der Waals surface area contributed by atoms with E-state index in [2.05, 4.69) is 20.2 Å². The van der Waals surface area contributed by atoms with Crippen molar-refractivity contribution in [1.29, 1.82) is 0 Å². The number of pyridine rings is 1. The first-order valence-electron chi connectivity index (χ1n) is 9.18. The molecule has 9 heteroatoms. The zero-order chi connectivity index (χ0) is 19.2. The minimum atomic E-state index is -0.0641. The van der Waals surface area contributed by atoms with Crippen LogP contribution in [0.3, 0.4) is 0 Å². The minimum Gasteiger partial charge on any atom is -0.355 e. The van der Waals surface area contributed by atoms with Gasteiger partial charge in [0.25, 0.3) is 0 Å². The van der Waals surface area contributed by atoms with E-state index in [1.807, 2.05) is 36.0 Å². The number of thiazole rings is 1. The van der Waals surface area contributed by atoms with Crippen molar-refractivity contribution in [2.75, 3.05) is 58.3 Å². The van der Waals surface area contributed by atoms with Crippen molar-refractivity contribution in [2.24, 2.45) is 0 Å². The van der Waals surface area contributed by atoms with Crippen molar-refractivity contribution >= 4 is 38.6 Å². The van der Waals surface area contributed by atoms with Crippen LogP contribution in [0.25, 0.3) is 10.3 Å². The number of hydrogen-bond donors (Lipinski definition) is 1. The van der Waals surface area contributed by atoms with Crippen molar-refractivity contribution < 1.29 is 9.59 Å². The summed E-state index contributed by atoms with van der Waals surface area (Å²) in [5.74, 6) is -0.0193. The van der Waals surface area contributed by atoms with Crippen LogP contribution in [-0.4, -0.2) is 84.9 Å². The maximum Gasteiger partial charge on any atom is 0.223 e. The van der Waals surface area contributed by atoms with E-state index in [1.54, 1.807) is 17.5 Å². The number of carbonyl (C=O) groups excluding carboxylic acids is 2. The number of piperazine rings is 1. The molecule has 0 aromatic carbocycles. The van der Waals surface area contributed by atoms with Gasteiger partial charge in [0.2, 0.25) is 11.8 Å². The molecule has 1 saturated heterocycles. The normalized spacial score (nSPS) is 14.8. The number of carbonyl (C=O) groups is 2. The Balaban J connectivity index is 1.42. The van der Waals surface area contributed by atoms with Gasteiger partial charge in [0, 0.05) is 58.3 Å². The minimum absolute atomic E-state index is 0.0448. The van der Waals surface area contributed by atoms with Gasteiger partial charge in [-0.05, 0) is 26.2 Å². The van der Waals surface area contributed by atoms with Crippen LogP contribution in [-0.2, 0) is 9.59 Å². The molecule has 3 rings (SSSR count). The number of nitrogens with one attached hydrogen (secondary N) is 1. The molecule has 0 saturated carbocycles. The highest BCUT2D eigenvalue weighted by atomic mass is 32.1. The molecule has 8 nitrogen and oxygen atoms in total. The molecule has 2 amide bonds. The summed E-state index contributed by atoms with van der Waals surface area (Å²) in [6.07, 6.45) is 2.28. The summed E-state index contributed by atoms with van der Waals surface area (Å²) in [4.78, 5) is 40.1. The van der Waals surface area contributed by atoms with Crippen LogP contribution >= 0.6 is 11.3 Å². The van der Waals surface area contributed by atoms with Gasteiger partial charge < -0.3 is 20.0 Å². The molecular formula is C18H26N6O2S. The number of amides is 2.